The van der Waals surface area contributed by atoms with Gasteiger partial charge in [-0.3, -0.25) is 0 Å². The molecule has 0 aliphatic heterocycles. The van der Waals surface area contributed by atoms with E-state index < -0.39 is 11.6 Å². The van der Waals surface area contributed by atoms with Gasteiger partial charge in [0.15, 0.2) is 23.3 Å². The standard InChI is InChI=1S/C15H16BrF2N3/c1-3-19-14-12(17)8-13(18)15(21-14)20-9(2)10-5-4-6-11(16)7-10/h4-9H,3H2,1-2H3,(H2,19,20,21). The molecule has 0 aliphatic carbocycles. The van der Waals surface area contributed by atoms with Gasteiger partial charge in [0.2, 0.25) is 0 Å². The normalized spacial score (nSPS) is 12.0. The highest BCUT2D eigenvalue weighted by atomic mass is 79.9. The number of rotatable bonds is 5. The Kier molecular flexibility index (Phi) is 5.12. The lowest BCUT2D eigenvalue weighted by atomic mass is 10.1. The maximum absolute atomic E-state index is 13.8. The van der Waals surface area contributed by atoms with Gasteiger partial charge >= 0.3 is 0 Å². The SMILES string of the molecule is CCNc1nc(NC(C)c2cccc(Br)c2)c(F)cc1F. The number of pyridine rings is 1. The van der Waals surface area contributed by atoms with E-state index in [2.05, 4.69) is 31.5 Å². The molecule has 1 unspecified atom stereocenters. The van der Waals surface area contributed by atoms with E-state index in [4.69, 9.17) is 0 Å². The maximum Gasteiger partial charge on any atom is 0.168 e. The van der Waals surface area contributed by atoms with Gasteiger partial charge in [0.1, 0.15) is 0 Å². The van der Waals surface area contributed by atoms with Crippen LogP contribution in [0.15, 0.2) is 34.8 Å². The maximum atomic E-state index is 13.8. The molecule has 1 aromatic carbocycles. The van der Waals surface area contributed by atoms with E-state index in [0.717, 1.165) is 16.1 Å². The summed E-state index contributed by atoms with van der Waals surface area (Å²) in [6.07, 6.45) is 0. The van der Waals surface area contributed by atoms with Crippen molar-refractivity contribution in [1.82, 2.24) is 4.98 Å². The molecule has 21 heavy (non-hydrogen) atoms. The number of hydrogen-bond donors (Lipinski definition) is 2. The second-order valence-electron chi connectivity index (χ2n) is 4.60. The van der Waals surface area contributed by atoms with Gasteiger partial charge in [-0.15, -0.1) is 0 Å². The third-order valence-electron chi connectivity index (χ3n) is 2.98. The van der Waals surface area contributed by atoms with Crippen LogP contribution < -0.4 is 10.6 Å². The highest BCUT2D eigenvalue weighted by Crippen LogP contribution is 2.25. The first kappa shape index (κ1) is 15.7. The quantitative estimate of drug-likeness (QED) is 0.814. The lowest BCUT2D eigenvalue weighted by Crippen LogP contribution is -2.12. The lowest BCUT2D eigenvalue weighted by Gasteiger charge is -2.17. The van der Waals surface area contributed by atoms with E-state index in [1.807, 2.05) is 38.1 Å². The lowest BCUT2D eigenvalue weighted by molar-refractivity contribution is 0.576. The number of nitrogens with zero attached hydrogens (tertiary/aromatic N) is 1. The van der Waals surface area contributed by atoms with Crippen LogP contribution in [0.2, 0.25) is 0 Å². The van der Waals surface area contributed by atoms with Crippen molar-refractivity contribution in [3.05, 3.63) is 52.0 Å². The van der Waals surface area contributed by atoms with E-state index in [1.165, 1.54) is 0 Å². The average Bonchev–Trinajstić information content (AvgIpc) is 2.44. The van der Waals surface area contributed by atoms with Crippen LogP contribution in [0.1, 0.15) is 25.5 Å². The van der Waals surface area contributed by atoms with Crippen LogP contribution in [0.25, 0.3) is 0 Å². The second kappa shape index (κ2) is 6.85. The van der Waals surface area contributed by atoms with Crippen LogP contribution in [0, 0.1) is 11.6 Å². The molecule has 3 nitrogen and oxygen atoms in total. The predicted octanol–water partition coefficient (Wildman–Crippen LogP) is 4.73. The van der Waals surface area contributed by atoms with Gasteiger partial charge in [-0.2, -0.15) is 0 Å². The fourth-order valence-corrected chi connectivity index (χ4v) is 2.34. The van der Waals surface area contributed by atoms with Crippen LogP contribution in [0.4, 0.5) is 20.4 Å². The molecule has 0 saturated carbocycles. The van der Waals surface area contributed by atoms with E-state index >= 15 is 0 Å². The number of benzene rings is 1. The molecule has 0 spiro atoms. The molecule has 0 amide bonds. The number of halogens is 3. The summed E-state index contributed by atoms with van der Waals surface area (Å²) >= 11 is 3.39. The largest absolute Gasteiger partial charge is 0.368 e. The first-order valence-electron chi connectivity index (χ1n) is 6.63. The summed E-state index contributed by atoms with van der Waals surface area (Å²) < 4.78 is 28.3. The molecule has 1 atom stereocenters. The monoisotopic (exact) mass is 355 g/mol. The minimum atomic E-state index is -0.712. The van der Waals surface area contributed by atoms with Crippen molar-refractivity contribution in [3.63, 3.8) is 0 Å². The van der Waals surface area contributed by atoms with Crippen LogP contribution >= 0.6 is 15.9 Å². The summed E-state index contributed by atoms with van der Waals surface area (Å²) in [6, 6.07) is 8.34. The van der Waals surface area contributed by atoms with Crippen molar-refractivity contribution in [1.29, 1.82) is 0 Å². The number of anilines is 2. The first-order chi connectivity index (χ1) is 10.0. The molecule has 2 N–H and O–H groups in total. The summed E-state index contributed by atoms with van der Waals surface area (Å²) in [7, 11) is 0. The molecule has 1 aromatic heterocycles. The number of hydrogen-bond acceptors (Lipinski definition) is 3. The Balaban J connectivity index is 2.24. The molecule has 2 aromatic rings. The minimum Gasteiger partial charge on any atom is -0.368 e. The molecular formula is C15H16BrF2N3. The molecule has 0 saturated heterocycles. The Morgan fingerprint density at radius 2 is 1.90 bits per heavy atom. The predicted molar refractivity (Wildman–Crippen MR) is 84.5 cm³/mol. The Labute approximate surface area is 130 Å². The van der Waals surface area contributed by atoms with Gasteiger partial charge < -0.3 is 10.6 Å². The third kappa shape index (κ3) is 3.91. The topological polar surface area (TPSA) is 37.0 Å². The molecule has 0 radical (unpaired) electrons. The molecule has 6 heteroatoms. The second-order valence-corrected chi connectivity index (χ2v) is 5.52. The molecule has 0 aliphatic rings. The van der Waals surface area contributed by atoms with Gasteiger partial charge in [-0.25, -0.2) is 13.8 Å². The highest BCUT2D eigenvalue weighted by molar-refractivity contribution is 9.10. The zero-order valence-corrected chi connectivity index (χ0v) is 13.3. The first-order valence-corrected chi connectivity index (χ1v) is 7.42. The third-order valence-corrected chi connectivity index (χ3v) is 3.47. The molecule has 112 valence electrons. The van der Waals surface area contributed by atoms with Crippen LogP contribution in [0.3, 0.4) is 0 Å². The smallest absolute Gasteiger partial charge is 0.168 e. The van der Waals surface area contributed by atoms with E-state index in [1.54, 1.807) is 0 Å². The number of nitrogens with one attached hydrogen (secondary N) is 2. The van der Waals surface area contributed by atoms with Crippen LogP contribution in [-0.2, 0) is 0 Å². The van der Waals surface area contributed by atoms with Crippen molar-refractivity contribution < 1.29 is 8.78 Å². The van der Waals surface area contributed by atoms with Crippen molar-refractivity contribution >= 4 is 27.6 Å². The fraction of sp³-hybridized carbons (Fsp3) is 0.267. The van der Waals surface area contributed by atoms with Crippen molar-refractivity contribution in [2.24, 2.45) is 0 Å². The molecule has 0 bridgehead atoms. The van der Waals surface area contributed by atoms with E-state index in [0.29, 0.717) is 6.54 Å². The van der Waals surface area contributed by atoms with Gasteiger partial charge in [-0.1, -0.05) is 28.1 Å². The van der Waals surface area contributed by atoms with Crippen molar-refractivity contribution in [2.75, 3.05) is 17.2 Å². The van der Waals surface area contributed by atoms with Gasteiger partial charge in [0.05, 0.1) is 6.04 Å². The molecular weight excluding hydrogens is 340 g/mol. The Morgan fingerprint density at radius 3 is 2.57 bits per heavy atom. The van der Waals surface area contributed by atoms with Gasteiger partial charge in [-0.05, 0) is 31.5 Å². The summed E-state index contributed by atoms with van der Waals surface area (Å²) in [4.78, 5) is 3.97. The van der Waals surface area contributed by atoms with Gasteiger partial charge in [0, 0.05) is 17.1 Å². The average molecular weight is 356 g/mol. The Morgan fingerprint density at radius 1 is 1.19 bits per heavy atom. The van der Waals surface area contributed by atoms with Gasteiger partial charge in [0.25, 0.3) is 0 Å². The fourth-order valence-electron chi connectivity index (χ4n) is 1.92. The zero-order valence-electron chi connectivity index (χ0n) is 11.8. The van der Waals surface area contributed by atoms with Crippen LogP contribution in [0.5, 0.6) is 0 Å². The minimum absolute atomic E-state index is 0.0276. The molecule has 1 heterocycles. The van der Waals surface area contributed by atoms with Crippen LogP contribution in [-0.4, -0.2) is 11.5 Å². The Bertz CT molecular complexity index is 634. The summed E-state index contributed by atoms with van der Waals surface area (Å²) in [5.74, 6) is -1.34. The molecule has 0 fully saturated rings. The number of aromatic nitrogens is 1. The van der Waals surface area contributed by atoms with E-state index in [9.17, 15) is 8.78 Å². The summed E-state index contributed by atoms with van der Waals surface area (Å²) in [5.41, 5.74) is 0.972. The van der Waals surface area contributed by atoms with Crippen molar-refractivity contribution in [3.8, 4) is 0 Å². The van der Waals surface area contributed by atoms with Crippen molar-refractivity contribution in [2.45, 2.75) is 19.9 Å². The van der Waals surface area contributed by atoms with E-state index in [-0.39, 0.29) is 17.7 Å². The zero-order chi connectivity index (χ0) is 15.4. The summed E-state index contributed by atoms with van der Waals surface area (Å²) in [5, 5.41) is 5.73. The summed E-state index contributed by atoms with van der Waals surface area (Å²) in [6.45, 7) is 4.22. The molecule has 2 rings (SSSR count). The Hall–Kier alpha value is -1.69. The highest BCUT2D eigenvalue weighted by Gasteiger charge is 2.14.